The van der Waals surface area contributed by atoms with E-state index in [-0.39, 0.29) is 22.5 Å². The topological polar surface area (TPSA) is 73.2 Å². The van der Waals surface area contributed by atoms with E-state index in [1.807, 2.05) is 0 Å². The van der Waals surface area contributed by atoms with E-state index in [0.717, 1.165) is 12.1 Å². The molecule has 0 saturated carbocycles. The lowest BCUT2D eigenvalue weighted by Crippen LogP contribution is -2.17. The van der Waals surface area contributed by atoms with Crippen molar-refractivity contribution >= 4 is 17.6 Å². The third-order valence-electron chi connectivity index (χ3n) is 4.36. The van der Waals surface area contributed by atoms with Crippen molar-refractivity contribution in [1.29, 1.82) is 0 Å². The minimum absolute atomic E-state index is 0.0653. The van der Waals surface area contributed by atoms with Crippen LogP contribution >= 0.6 is 0 Å². The summed E-state index contributed by atoms with van der Waals surface area (Å²) in [6, 6.07) is 10.5. The van der Waals surface area contributed by atoms with Gasteiger partial charge in [0.1, 0.15) is 0 Å². The molecule has 0 spiro atoms. The highest BCUT2D eigenvalue weighted by Gasteiger charge is 2.31. The Morgan fingerprint density at radius 3 is 2.33 bits per heavy atom. The van der Waals surface area contributed by atoms with E-state index < -0.39 is 23.6 Å². The van der Waals surface area contributed by atoms with Gasteiger partial charge >= 0.3 is 12.1 Å². The number of aromatic nitrogens is 2. The van der Waals surface area contributed by atoms with Crippen LogP contribution in [0.3, 0.4) is 0 Å². The molecule has 2 aromatic carbocycles. The van der Waals surface area contributed by atoms with Gasteiger partial charge in [0.05, 0.1) is 35.3 Å². The van der Waals surface area contributed by atoms with E-state index in [4.69, 9.17) is 0 Å². The first-order chi connectivity index (χ1) is 14.1. The number of esters is 1. The number of hydrogen-bond donors (Lipinski definition) is 1. The Labute approximate surface area is 170 Å². The molecule has 30 heavy (non-hydrogen) atoms. The molecule has 0 aliphatic heterocycles. The van der Waals surface area contributed by atoms with Crippen LogP contribution in [0.4, 0.5) is 18.9 Å². The van der Waals surface area contributed by atoms with Gasteiger partial charge in [-0.25, -0.2) is 9.48 Å². The van der Waals surface area contributed by atoms with Crippen molar-refractivity contribution in [3.63, 3.8) is 0 Å². The van der Waals surface area contributed by atoms with Gasteiger partial charge in [-0.2, -0.15) is 18.3 Å². The molecule has 0 radical (unpaired) electrons. The van der Waals surface area contributed by atoms with Crippen LogP contribution in [0.15, 0.2) is 48.5 Å². The molecular formula is C21H18F3N3O3. The molecule has 1 amide bonds. The molecular weight excluding hydrogens is 399 g/mol. The normalized spacial score (nSPS) is 11.3. The second kappa shape index (κ2) is 8.02. The first kappa shape index (κ1) is 21.1. The van der Waals surface area contributed by atoms with E-state index >= 15 is 0 Å². The van der Waals surface area contributed by atoms with E-state index in [1.165, 1.54) is 42.1 Å². The maximum atomic E-state index is 13.2. The van der Waals surface area contributed by atoms with Gasteiger partial charge in [0.15, 0.2) is 0 Å². The molecule has 0 atom stereocenters. The average molecular weight is 417 g/mol. The average Bonchev–Trinajstić information content (AvgIpc) is 3.04. The van der Waals surface area contributed by atoms with Gasteiger partial charge in [0.25, 0.3) is 5.91 Å². The van der Waals surface area contributed by atoms with Crippen LogP contribution < -0.4 is 5.32 Å². The highest BCUT2D eigenvalue weighted by molar-refractivity contribution is 6.06. The molecule has 3 rings (SSSR count). The fraction of sp³-hybridized carbons (Fsp3) is 0.190. The zero-order chi connectivity index (χ0) is 22.1. The van der Waals surface area contributed by atoms with Crippen molar-refractivity contribution < 1.29 is 27.5 Å². The number of halogens is 3. The summed E-state index contributed by atoms with van der Waals surface area (Å²) in [6.07, 6.45) is -4.59. The van der Waals surface area contributed by atoms with Crippen LogP contribution in [0.25, 0.3) is 5.69 Å². The second-order valence-electron chi connectivity index (χ2n) is 6.60. The Bertz CT molecular complexity index is 1120. The van der Waals surface area contributed by atoms with Crippen LogP contribution in [0.5, 0.6) is 0 Å². The fourth-order valence-corrected chi connectivity index (χ4v) is 2.97. The lowest BCUT2D eigenvalue weighted by Gasteiger charge is -2.16. The van der Waals surface area contributed by atoms with Crippen LogP contribution in [0.2, 0.25) is 0 Å². The van der Waals surface area contributed by atoms with Crippen molar-refractivity contribution in [2.45, 2.75) is 20.0 Å². The Balaban J connectivity index is 2.04. The standard InChI is InChI=1S/C21H18F3N3O3/c1-12-9-13(2)27(26-12)18-8-7-16(21(22,23)24)11-17(18)25-19(28)14-5-4-6-15(10-14)20(29)30-3/h4-11H,1-3H3,(H,25,28). The SMILES string of the molecule is COC(=O)c1cccc(C(=O)Nc2cc(C(F)(F)F)ccc2-n2nc(C)cc2C)c1. The van der Waals surface area contributed by atoms with E-state index in [1.54, 1.807) is 19.9 Å². The Hall–Kier alpha value is -3.62. The van der Waals surface area contributed by atoms with Gasteiger partial charge in [-0.05, 0) is 56.3 Å². The minimum Gasteiger partial charge on any atom is -0.465 e. The predicted molar refractivity (Wildman–Crippen MR) is 104 cm³/mol. The molecule has 0 bridgehead atoms. The van der Waals surface area contributed by atoms with Crippen molar-refractivity contribution in [2.24, 2.45) is 0 Å². The largest absolute Gasteiger partial charge is 0.465 e. The first-order valence-corrected chi connectivity index (χ1v) is 8.85. The monoisotopic (exact) mass is 417 g/mol. The van der Waals surface area contributed by atoms with Crippen molar-refractivity contribution in [2.75, 3.05) is 12.4 Å². The maximum Gasteiger partial charge on any atom is 0.416 e. The van der Waals surface area contributed by atoms with Crippen molar-refractivity contribution in [3.05, 3.63) is 76.6 Å². The summed E-state index contributed by atoms with van der Waals surface area (Å²) in [7, 11) is 1.21. The highest BCUT2D eigenvalue weighted by atomic mass is 19.4. The number of anilines is 1. The molecule has 1 N–H and O–H groups in total. The molecule has 0 fully saturated rings. The molecule has 0 aliphatic carbocycles. The zero-order valence-electron chi connectivity index (χ0n) is 16.4. The summed E-state index contributed by atoms with van der Waals surface area (Å²) in [5, 5.41) is 6.79. The molecule has 9 heteroatoms. The second-order valence-corrected chi connectivity index (χ2v) is 6.60. The number of ether oxygens (including phenoxy) is 1. The number of nitrogens with zero attached hydrogens (tertiary/aromatic N) is 2. The number of rotatable bonds is 4. The van der Waals surface area contributed by atoms with Gasteiger partial charge in [0, 0.05) is 11.3 Å². The quantitative estimate of drug-likeness (QED) is 0.633. The number of carbonyl (C=O) groups excluding carboxylic acids is 2. The number of methoxy groups -OCH3 is 1. The van der Waals surface area contributed by atoms with Gasteiger partial charge in [-0.3, -0.25) is 4.79 Å². The Kier molecular flexibility index (Phi) is 5.64. The van der Waals surface area contributed by atoms with Crippen LogP contribution in [-0.4, -0.2) is 28.8 Å². The van der Waals surface area contributed by atoms with Gasteiger partial charge < -0.3 is 10.1 Å². The molecule has 6 nitrogen and oxygen atoms in total. The number of alkyl halides is 3. The van der Waals surface area contributed by atoms with Crippen molar-refractivity contribution in [1.82, 2.24) is 9.78 Å². The summed E-state index contributed by atoms with van der Waals surface area (Å²) in [4.78, 5) is 24.4. The smallest absolute Gasteiger partial charge is 0.416 e. The molecule has 3 aromatic rings. The number of carbonyl (C=O) groups is 2. The number of aryl methyl sites for hydroxylation is 2. The van der Waals surface area contributed by atoms with E-state index in [9.17, 15) is 22.8 Å². The Morgan fingerprint density at radius 1 is 1.03 bits per heavy atom. The van der Waals surface area contributed by atoms with Crippen LogP contribution in [0, 0.1) is 13.8 Å². The molecule has 0 unspecified atom stereocenters. The third kappa shape index (κ3) is 4.35. The summed E-state index contributed by atoms with van der Waals surface area (Å²) in [5.74, 6) is -1.31. The predicted octanol–water partition coefficient (Wildman–Crippen LogP) is 4.55. The number of hydrogen-bond acceptors (Lipinski definition) is 4. The summed E-state index contributed by atoms with van der Waals surface area (Å²) in [5.41, 5.74) is 0.912. The zero-order valence-corrected chi connectivity index (χ0v) is 16.4. The number of amides is 1. The lowest BCUT2D eigenvalue weighted by molar-refractivity contribution is -0.137. The number of nitrogens with one attached hydrogen (secondary N) is 1. The minimum atomic E-state index is -4.59. The summed E-state index contributed by atoms with van der Waals surface area (Å²) in [6.45, 7) is 3.51. The summed E-state index contributed by atoms with van der Waals surface area (Å²) >= 11 is 0. The van der Waals surface area contributed by atoms with Gasteiger partial charge in [0.2, 0.25) is 0 Å². The molecule has 1 heterocycles. The molecule has 0 aliphatic rings. The van der Waals surface area contributed by atoms with E-state index in [0.29, 0.717) is 11.4 Å². The van der Waals surface area contributed by atoms with Gasteiger partial charge in [-0.15, -0.1) is 0 Å². The number of benzene rings is 2. The third-order valence-corrected chi connectivity index (χ3v) is 4.36. The van der Waals surface area contributed by atoms with E-state index in [2.05, 4.69) is 15.2 Å². The molecule has 156 valence electrons. The van der Waals surface area contributed by atoms with Gasteiger partial charge in [-0.1, -0.05) is 6.07 Å². The maximum absolute atomic E-state index is 13.2. The van der Waals surface area contributed by atoms with Crippen LogP contribution in [-0.2, 0) is 10.9 Å². The first-order valence-electron chi connectivity index (χ1n) is 8.85. The van der Waals surface area contributed by atoms with Crippen molar-refractivity contribution in [3.8, 4) is 5.69 Å². The fourth-order valence-electron chi connectivity index (χ4n) is 2.97. The molecule has 1 aromatic heterocycles. The summed E-state index contributed by atoms with van der Waals surface area (Å²) < 4.78 is 45.8. The molecule has 0 saturated heterocycles. The lowest BCUT2D eigenvalue weighted by atomic mass is 10.1. The highest BCUT2D eigenvalue weighted by Crippen LogP contribution is 2.34. The Morgan fingerprint density at radius 2 is 1.73 bits per heavy atom. The van der Waals surface area contributed by atoms with Crippen LogP contribution in [0.1, 0.15) is 37.7 Å².